The Kier molecular flexibility index (Phi) is 6.34. The Morgan fingerprint density at radius 2 is 1.67 bits per heavy atom. The molecule has 0 radical (unpaired) electrons. The summed E-state index contributed by atoms with van der Waals surface area (Å²) >= 11 is 0. The quantitative estimate of drug-likeness (QED) is 0.845. The van der Waals surface area contributed by atoms with Gasteiger partial charge in [-0.05, 0) is 17.7 Å². The van der Waals surface area contributed by atoms with Crippen molar-refractivity contribution >= 4 is 12.4 Å². The third kappa shape index (κ3) is 4.30. The first-order valence-electron chi connectivity index (χ1n) is 4.63. The van der Waals surface area contributed by atoms with E-state index in [1.54, 1.807) is 0 Å². The first-order chi connectivity index (χ1) is 7.86. The third-order valence-corrected chi connectivity index (χ3v) is 1.98. The fourth-order valence-electron chi connectivity index (χ4n) is 1.07. The average Bonchev–Trinajstić information content (AvgIpc) is 2.28. The van der Waals surface area contributed by atoms with Crippen LogP contribution in [0.4, 0.5) is 22.0 Å². The van der Waals surface area contributed by atoms with Gasteiger partial charge < -0.3 is 10.5 Å². The van der Waals surface area contributed by atoms with Crippen LogP contribution >= 0.6 is 12.4 Å². The van der Waals surface area contributed by atoms with E-state index < -0.39 is 31.0 Å². The summed E-state index contributed by atoms with van der Waals surface area (Å²) in [5, 5.41) is 0. The molecular weight excluding hydrogens is 281 g/mol. The molecule has 0 aliphatic heterocycles. The van der Waals surface area contributed by atoms with Crippen LogP contribution in [-0.2, 0) is 0 Å². The molecule has 0 saturated heterocycles. The van der Waals surface area contributed by atoms with Crippen LogP contribution in [0.15, 0.2) is 24.3 Å². The maximum Gasteiger partial charge on any atom is 0.461 e. The van der Waals surface area contributed by atoms with Gasteiger partial charge in [0.2, 0.25) is 0 Å². The lowest BCUT2D eigenvalue weighted by molar-refractivity contribution is -0.253. The second kappa shape index (κ2) is 6.75. The maximum absolute atomic E-state index is 12.5. The van der Waals surface area contributed by atoms with Crippen LogP contribution in [-0.4, -0.2) is 19.2 Å². The zero-order valence-electron chi connectivity index (χ0n) is 8.95. The van der Waals surface area contributed by atoms with E-state index in [0.717, 1.165) is 12.1 Å². The van der Waals surface area contributed by atoms with Crippen LogP contribution < -0.4 is 10.5 Å². The zero-order valence-corrected chi connectivity index (χ0v) is 9.77. The van der Waals surface area contributed by atoms with Crippen molar-refractivity contribution in [3.63, 3.8) is 0 Å². The molecule has 1 atom stereocenters. The number of hydrogen-bond donors (Lipinski definition) is 1. The third-order valence-electron chi connectivity index (χ3n) is 1.98. The molecule has 0 spiro atoms. The van der Waals surface area contributed by atoms with Gasteiger partial charge in [0.05, 0.1) is 6.04 Å². The number of rotatable bonds is 5. The summed E-state index contributed by atoms with van der Waals surface area (Å²) in [7, 11) is 0. The highest BCUT2D eigenvalue weighted by Crippen LogP contribution is 2.28. The summed E-state index contributed by atoms with van der Waals surface area (Å²) in [6.45, 7) is -0.812. The molecule has 2 nitrogen and oxygen atoms in total. The summed E-state index contributed by atoms with van der Waals surface area (Å²) in [4.78, 5) is 0. The number of ether oxygens (including phenoxy) is 1. The van der Waals surface area contributed by atoms with Crippen molar-refractivity contribution in [3.8, 4) is 5.75 Å². The summed E-state index contributed by atoms with van der Waals surface area (Å²) in [6, 6.07) is 3.66. The Hall–Kier alpha value is -1.08. The zero-order chi connectivity index (χ0) is 13.1. The number of halogens is 6. The van der Waals surface area contributed by atoms with E-state index in [2.05, 4.69) is 4.74 Å². The van der Waals surface area contributed by atoms with Gasteiger partial charge >= 0.3 is 12.5 Å². The topological polar surface area (TPSA) is 35.2 Å². The SMILES string of the molecule is Cl.N[C@@H](CF)c1ccc(OC(F)(F)C(F)F)cc1. The van der Waals surface area contributed by atoms with Crippen molar-refractivity contribution in [2.75, 3.05) is 6.67 Å². The molecule has 0 unspecified atom stereocenters. The molecule has 1 rings (SSSR count). The minimum atomic E-state index is -4.55. The number of alkyl halides is 5. The van der Waals surface area contributed by atoms with Gasteiger partial charge in [-0.25, -0.2) is 4.39 Å². The maximum atomic E-state index is 12.5. The second-order valence-corrected chi connectivity index (χ2v) is 3.29. The molecule has 0 aliphatic carbocycles. The molecule has 0 bridgehead atoms. The van der Waals surface area contributed by atoms with Crippen molar-refractivity contribution in [1.29, 1.82) is 0 Å². The van der Waals surface area contributed by atoms with Crippen LogP contribution in [0.25, 0.3) is 0 Å². The normalized spacial score (nSPS) is 13.1. The minimum absolute atomic E-state index is 0. The molecule has 18 heavy (non-hydrogen) atoms. The molecule has 1 aromatic carbocycles. The molecule has 2 N–H and O–H groups in total. The van der Waals surface area contributed by atoms with Crippen LogP contribution in [0.3, 0.4) is 0 Å². The fourth-order valence-corrected chi connectivity index (χ4v) is 1.07. The molecule has 0 aromatic heterocycles. The molecule has 0 fully saturated rings. The van der Waals surface area contributed by atoms with Crippen molar-refractivity contribution in [3.05, 3.63) is 29.8 Å². The van der Waals surface area contributed by atoms with Gasteiger partial charge in [-0.15, -0.1) is 12.4 Å². The highest BCUT2D eigenvalue weighted by molar-refractivity contribution is 5.85. The highest BCUT2D eigenvalue weighted by Gasteiger charge is 2.43. The first-order valence-corrected chi connectivity index (χ1v) is 4.63. The summed E-state index contributed by atoms with van der Waals surface area (Å²) in [5.41, 5.74) is 5.70. The Morgan fingerprint density at radius 1 is 1.17 bits per heavy atom. The Bertz CT molecular complexity index is 360. The highest BCUT2D eigenvalue weighted by atomic mass is 35.5. The number of benzene rings is 1. The summed E-state index contributed by atoms with van der Waals surface area (Å²) < 4.78 is 64.6. The van der Waals surface area contributed by atoms with E-state index in [9.17, 15) is 22.0 Å². The Labute approximate surface area is 106 Å². The molecular formula is C10H11ClF5NO. The Morgan fingerprint density at radius 3 is 2.06 bits per heavy atom. The van der Waals surface area contributed by atoms with Crippen LogP contribution in [0.5, 0.6) is 5.75 Å². The second-order valence-electron chi connectivity index (χ2n) is 3.29. The van der Waals surface area contributed by atoms with Gasteiger partial charge in [-0.2, -0.15) is 17.6 Å². The van der Waals surface area contributed by atoms with Crippen molar-refractivity contribution < 1.29 is 26.7 Å². The monoisotopic (exact) mass is 291 g/mol. The van der Waals surface area contributed by atoms with E-state index in [0.29, 0.717) is 5.56 Å². The standard InChI is InChI=1S/C10H10F5NO.ClH/c11-5-8(16)6-1-3-7(4-2-6)17-10(14,15)9(12)13;/h1-4,8-9H,5,16H2;1H/t8-;/m0./s1. The lowest BCUT2D eigenvalue weighted by Gasteiger charge is -2.17. The number of hydrogen-bond acceptors (Lipinski definition) is 2. The largest absolute Gasteiger partial charge is 0.461 e. The van der Waals surface area contributed by atoms with Crippen molar-refractivity contribution in [2.45, 2.75) is 18.6 Å². The van der Waals surface area contributed by atoms with Gasteiger partial charge in [-0.1, -0.05) is 12.1 Å². The van der Waals surface area contributed by atoms with E-state index in [4.69, 9.17) is 5.73 Å². The smallest absolute Gasteiger partial charge is 0.428 e. The predicted molar refractivity (Wildman–Crippen MR) is 58.2 cm³/mol. The van der Waals surface area contributed by atoms with Gasteiger partial charge in [0.25, 0.3) is 0 Å². The summed E-state index contributed by atoms with van der Waals surface area (Å²) in [5.74, 6) is -0.440. The van der Waals surface area contributed by atoms with E-state index in [1.165, 1.54) is 12.1 Å². The molecule has 0 amide bonds. The van der Waals surface area contributed by atoms with Gasteiger partial charge in [0.15, 0.2) is 0 Å². The minimum Gasteiger partial charge on any atom is -0.428 e. The van der Waals surface area contributed by atoms with E-state index in [-0.39, 0.29) is 12.4 Å². The van der Waals surface area contributed by atoms with Crippen LogP contribution in [0.2, 0.25) is 0 Å². The van der Waals surface area contributed by atoms with Crippen LogP contribution in [0.1, 0.15) is 11.6 Å². The van der Waals surface area contributed by atoms with Gasteiger partial charge in [0.1, 0.15) is 12.4 Å². The average molecular weight is 292 g/mol. The van der Waals surface area contributed by atoms with Gasteiger partial charge in [-0.3, -0.25) is 0 Å². The first kappa shape index (κ1) is 16.9. The van der Waals surface area contributed by atoms with E-state index >= 15 is 0 Å². The van der Waals surface area contributed by atoms with Crippen molar-refractivity contribution in [2.24, 2.45) is 5.73 Å². The predicted octanol–water partition coefficient (Wildman–Crippen LogP) is 3.31. The van der Waals surface area contributed by atoms with Gasteiger partial charge in [0, 0.05) is 0 Å². The molecule has 8 heteroatoms. The molecule has 1 aromatic rings. The molecule has 0 heterocycles. The number of nitrogens with two attached hydrogens (primary N) is 1. The molecule has 0 saturated carbocycles. The van der Waals surface area contributed by atoms with E-state index in [1.807, 2.05) is 0 Å². The lowest BCUT2D eigenvalue weighted by atomic mass is 10.1. The fraction of sp³-hybridized carbons (Fsp3) is 0.400. The van der Waals surface area contributed by atoms with Crippen LogP contribution in [0, 0.1) is 0 Å². The lowest BCUT2D eigenvalue weighted by Crippen LogP contribution is -2.33. The summed E-state index contributed by atoms with van der Waals surface area (Å²) in [6.07, 6.45) is -8.47. The Balaban J connectivity index is 0.00000289. The molecule has 104 valence electrons. The van der Waals surface area contributed by atoms with Crippen molar-refractivity contribution in [1.82, 2.24) is 0 Å². The molecule has 0 aliphatic rings.